The van der Waals surface area contributed by atoms with Crippen LogP contribution in [-0.4, -0.2) is 25.2 Å². The molecule has 0 radical (unpaired) electrons. The number of nitrogens with one attached hydrogen (secondary N) is 1. The zero-order valence-electron chi connectivity index (χ0n) is 11.3. The molecule has 1 aliphatic rings. The van der Waals surface area contributed by atoms with Gasteiger partial charge in [0.25, 0.3) is 0 Å². The number of hydrogen-bond donors (Lipinski definition) is 1. The Hall–Kier alpha value is -1.43. The summed E-state index contributed by atoms with van der Waals surface area (Å²) in [7, 11) is 0. The number of alkyl halides is 3. The summed E-state index contributed by atoms with van der Waals surface area (Å²) < 4.78 is 36.5. The fourth-order valence-electron chi connectivity index (χ4n) is 2.32. The van der Waals surface area contributed by atoms with Gasteiger partial charge in [0.05, 0.1) is 0 Å². The van der Waals surface area contributed by atoms with Crippen molar-refractivity contribution in [3.05, 3.63) is 28.8 Å². The lowest BCUT2D eigenvalue weighted by Gasteiger charge is -2.29. The Morgan fingerprint density at radius 2 is 1.90 bits per heavy atom. The van der Waals surface area contributed by atoms with Crippen molar-refractivity contribution >= 4 is 23.2 Å². The minimum absolute atomic E-state index is 0.237. The average molecular weight is 321 g/mol. The summed E-state index contributed by atoms with van der Waals surface area (Å²) in [6.45, 7) is 1.62. The molecule has 1 amide bonds. The first kappa shape index (κ1) is 15.9. The van der Waals surface area contributed by atoms with Crippen LogP contribution in [0.4, 0.5) is 18.9 Å². The number of benzene rings is 1. The molecule has 3 nitrogen and oxygen atoms in total. The van der Waals surface area contributed by atoms with Gasteiger partial charge in [0.1, 0.15) is 0 Å². The third-order valence-corrected chi connectivity index (χ3v) is 3.82. The molecule has 0 spiro atoms. The highest BCUT2D eigenvalue weighted by Crippen LogP contribution is 2.26. The van der Waals surface area contributed by atoms with Crippen molar-refractivity contribution in [3.8, 4) is 0 Å². The number of amides is 1. The Bertz CT molecular complexity index is 513. The maximum absolute atomic E-state index is 12.2. The summed E-state index contributed by atoms with van der Waals surface area (Å²) in [4.78, 5) is 13.0. The smallest absolute Gasteiger partial charge is 0.372 e. The minimum atomic E-state index is -4.88. The third kappa shape index (κ3) is 4.27. The molecule has 1 N–H and O–H groups in total. The van der Waals surface area contributed by atoms with Crippen molar-refractivity contribution in [1.29, 1.82) is 0 Å². The van der Waals surface area contributed by atoms with E-state index in [0.717, 1.165) is 31.6 Å². The van der Waals surface area contributed by atoms with Crippen LogP contribution in [0.25, 0.3) is 0 Å². The van der Waals surface area contributed by atoms with Crippen LogP contribution in [0.2, 0.25) is 5.02 Å². The van der Waals surface area contributed by atoms with E-state index >= 15 is 0 Å². The number of carbonyl (C=O) groups excluding carboxylic acids is 1. The lowest BCUT2D eigenvalue weighted by molar-refractivity contribution is -0.173. The number of carbonyl (C=O) groups is 1. The molecule has 0 bridgehead atoms. The highest BCUT2D eigenvalue weighted by Gasteiger charge is 2.38. The average Bonchev–Trinajstić information content (AvgIpc) is 2.46. The van der Waals surface area contributed by atoms with Gasteiger partial charge in [-0.05, 0) is 43.0 Å². The maximum atomic E-state index is 12.2. The van der Waals surface area contributed by atoms with E-state index in [2.05, 4.69) is 4.90 Å². The van der Waals surface area contributed by atoms with Crippen LogP contribution < -0.4 is 10.2 Å². The molecule has 1 aromatic carbocycles. The molecule has 0 aromatic heterocycles. The highest BCUT2D eigenvalue weighted by atomic mass is 35.5. The summed E-state index contributed by atoms with van der Waals surface area (Å²) in [5, 5.41) is 2.19. The predicted molar refractivity (Wildman–Crippen MR) is 75.4 cm³/mol. The summed E-state index contributed by atoms with van der Waals surface area (Å²) in [5.41, 5.74) is 1.41. The Kier molecular flexibility index (Phi) is 4.98. The molecule has 21 heavy (non-hydrogen) atoms. The molecular formula is C14H16ClF3N2O. The van der Waals surface area contributed by atoms with Crippen molar-refractivity contribution in [2.24, 2.45) is 0 Å². The molecule has 1 saturated heterocycles. The van der Waals surface area contributed by atoms with Gasteiger partial charge in [0.2, 0.25) is 0 Å². The molecule has 1 heterocycles. The minimum Gasteiger partial charge on any atom is -0.372 e. The normalized spacial score (nSPS) is 15.9. The number of rotatable bonds is 3. The van der Waals surface area contributed by atoms with E-state index in [9.17, 15) is 18.0 Å². The van der Waals surface area contributed by atoms with Gasteiger partial charge in [0, 0.05) is 30.3 Å². The molecule has 0 atom stereocenters. The fraction of sp³-hybridized carbons (Fsp3) is 0.500. The van der Waals surface area contributed by atoms with Crippen molar-refractivity contribution in [3.63, 3.8) is 0 Å². The standard InChI is InChI=1S/C14H16ClF3N2O/c15-12-5-4-11(20-6-2-1-3-7-20)8-10(12)9-19-13(21)14(16,17)18/h4-5,8H,1-3,6-7,9H2,(H,19,21). The fourth-order valence-corrected chi connectivity index (χ4v) is 2.51. The molecule has 2 rings (SSSR count). The van der Waals surface area contributed by atoms with Crippen LogP contribution in [0, 0.1) is 0 Å². The monoisotopic (exact) mass is 320 g/mol. The number of anilines is 1. The summed E-state index contributed by atoms with van der Waals surface area (Å²) >= 11 is 5.98. The molecule has 1 aliphatic heterocycles. The second-order valence-electron chi connectivity index (χ2n) is 5.00. The van der Waals surface area contributed by atoms with Crippen LogP contribution in [0.3, 0.4) is 0 Å². The lowest BCUT2D eigenvalue weighted by Crippen LogP contribution is -2.36. The second-order valence-corrected chi connectivity index (χ2v) is 5.41. The van der Waals surface area contributed by atoms with Crippen LogP contribution in [0.5, 0.6) is 0 Å². The summed E-state index contributed by atoms with van der Waals surface area (Å²) in [6, 6.07) is 5.24. The largest absolute Gasteiger partial charge is 0.471 e. The quantitative estimate of drug-likeness (QED) is 0.924. The Balaban J connectivity index is 2.06. The molecule has 1 aromatic rings. The van der Waals surface area contributed by atoms with Crippen molar-refractivity contribution in [1.82, 2.24) is 5.32 Å². The van der Waals surface area contributed by atoms with Gasteiger partial charge in [-0.2, -0.15) is 13.2 Å². The zero-order chi connectivity index (χ0) is 15.5. The summed E-state index contributed by atoms with van der Waals surface area (Å²) in [6.07, 6.45) is -1.49. The van der Waals surface area contributed by atoms with E-state index in [0.29, 0.717) is 10.6 Å². The van der Waals surface area contributed by atoms with Crippen LogP contribution >= 0.6 is 11.6 Å². The molecule has 0 unspecified atom stereocenters. The number of piperidine rings is 1. The number of nitrogens with zero attached hydrogens (tertiary/aromatic N) is 1. The first-order valence-electron chi connectivity index (χ1n) is 6.76. The number of halogens is 4. The van der Waals surface area contributed by atoms with E-state index in [4.69, 9.17) is 11.6 Å². The molecule has 0 aliphatic carbocycles. The van der Waals surface area contributed by atoms with Crippen molar-refractivity contribution in [2.75, 3.05) is 18.0 Å². The summed E-state index contributed by atoms with van der Waals surface area (Å²) in [5.74, 6) is -1.96. The molecule has 116 valence electrons. The lowest BCUT2D eigenvalue weighted by atomic mass is 10.1. The first-order chi connectivity index (χ1) is 9.88. The first-order valence-corrected chi connectivity index (χ1v) is 7.14. The second kappa shape index (κ2) is 6.56. The Morgan fingerprint density at radius 3 is 2.52 bits per heavy atom. The SMILES string of the molecule is O=C(NCc1cc(N2CCCCC2)ccc1Cl)C(F)(F)F. The maximum Gasteiger partial charge on any atom is 0.471 e. The molecule has 1 fully saturated rings. The molecule has 7 heteroatoms. The third-order valence-electron chi connectivity index (χ3n) is 3.45. The van der Waals surface area contributed by atoms with E-state index < -0.39 is 12.1 Å². The van der Waals surface area contributed by atoms with Gasteiger partial charge in [0.15, 0.2) is 0 Å². The Labute approximate surface area is 126 Å². The van der Waals surface area contributed by atoms with Gasteiger partial charge in [-0.3, -0.25) is 4.79 Å². The van der Waals surface area contributed by atoms with E-state index in [1.165, 1.54) is 6.42 Å². The predicted octanol–water partition coefficient (Wildman–Crippen LogP) is 3.51. The van der Waals surface area contributed by atoms with Crippen LogP contribution in [0.1, 0.15) is 24.8 Å². The zero-order valence-corrected chi connectivity index (χ0v) is 12.1. The Morgan fingerprint density at radius 1 is 1.24 bits per heavy atom. The van der Waals surface area contributed by atoms with Crippen LogP contribution in [0.15, 0.2) is 18.2 Å². The molecule has 0 saturated carbocycles. The van der Waals surface area contributed by atoms with Gasteiger partial charge in [-0.15, -0.1) is 0 Å². The van der Waals surface area contributed by atoms with E-state index in [-0.39, 0.29) is 6.54 Å². The van der Waals surface area contributed by atoms with E-state index in [1.54, 1.807) is 12.1 Å². The topological polar surface area (TPSA) is 32.3 Å². The highest BCUT2D eigenvalue weighted by molar-refractivity contribution is 6.31. The van der Waals surface area contributed by atoms with Gasteiger partial charge in [-0.1, -0.05) is 11.6 Å². The van der Waals surface area contributed by atoms with E-state index in [1.807, 2.05) is 11.4 Å². The van der Waals surface area contributed by atoms with Gasteiger partial charge in [-0.25, -0.2) is 0 Å². The van der Waals surface area contributed by atoms with Gasteiger partial charge >= 0.3 is 12.1 Å². The van der Waals surface area contributed by atoms with Gasteiger partial charge < -0.3 is 10.2 Å². The molecular weight excluding hydrogens is 305 g/mol. The van der Waals surface area contributed by atoms with Crippen LogP contribution in [-0.2, 0) is 11.3 Å². The number of hydrogen-bond acceptors (Lipinski definition) is 2. The van der Waals surface area contributed by atoms with Crippen molar-refractivity contribution in [2.45, 2.75) is 32.0 Å². The van der Waals surface area contributed by atoms with Crippen molar-refractivity contribution < 1.29 is 18.0 Å².